The molecule has 0 unspecified atom stereocenters. The van der Waals surface area contributed by atoms with Crippen LogP contribution in [0.4, 0.5) is 5.82 Å². The molecule has 1 N–H and O–H groups in total. The molecule has 166 valence electrons. The third-order valence-electron chi connectivity index (χ3n) is 7.12. The van der Waals surface area contributed by atoms with Gasteiger partial charge in [-0.3, -0.25) is 4.98 Å². The maximum absolute atomic E-state index is 10.1. The highest BCUT2D eigenvalue weighted by Crippen LogP contribution is 2.42. The summed E-state index contributed by atoms with van der Waals surface area (Å²) in [6.07, 6.45) is 11.0. The first-order valence-corrected chi connectivity index (χ1v) is 11.2. The summed E-state index contributed by atoms with van der Waals surface area (Å²) >= 11 is 0. The second kappa shape index (κ2) is 7.25. The summed E-state index contributed by atoms with van der Waals surface area (Å²) in [5.41, 5.74) is 4.19. The molecule has 0 radical (unpaired) electrons. The van der Waals surface area contributed by atoms with E-state index in [2.05, 4.69) is 21.9 Å². The summed E-state index contributed by atoms with van der Waals surface area (Å²) in [7, 11) is 1.99. The van der Waals surface area contributed by atoms with Crippen LogP contribution in [0.15, 0.2) is 30.9 Å². The Morgan fingerprint density at radius 3 is 2.81 bits per heavy atom. The monoisotopic (exact) mass is 433 g/mol. The number of aryl methyl sites for hydroxylation is 1. The lowest BCUT2D eigenvalue weighted by Crippen LogP contribution is -2.41. The predicted octanol–water partition coefficient (Wildman–Crippen LogP) is 2.59. The molecule has 2 fully saturated rings. The first kappa shape index (κ1) is 19.6. The molecule has 4 aromatic rings. The number of ether oxygens (including phenoxy) is 1. The van der Waals surface area contributed by atoms with Gasteiger partial charge in [0.05, 0.1) is 42.9 Å². The lowest BCUT2D eigenvalue weighted by atomic mass is 9.77. The zero-order valence-corrected chi connectivity index (χ0v) is 18.4. The van der Waals surface area contributed by atoms with Crippen LogP contribution in [0, 0.1) is 5.41 Å². The second-order valence-electron chi connectivity index (χ2n) is 9.25. The summed E-state index contributed by atoms with van der Waals surface area (Å²) in [6.45, 7) is 4.65. The van der Waals surface area contributed by atoms with E-state index in [9.17, 15) is 5.11 Å². The van der Waals surface area contributed by atoms with Gasteiger partial charge < -0.3 is 19.3 Å². The summed E-state index contributed by atoms with van der Waals surface area (Å²) in [5, 5.41) is 15.8. The molecule has 6 rings (SSSR count). The number of aromatic nitrogens is 6. The van der Waals surface area contributed by atoms with E-state index in [1.54, 1.807) is 17.1 Å². The van der Waals surface area contributed by atoms with E-state index in [4.69, 9.17) is 14.7 Å². The molecule has 9 heteroatoms. The SMILES string of the molecule is C[C@H]1CC2(CCN(c3nc4cnn(-c5cn(C)c6cnccc56)c4nc3CO)CC2)CO1. The fourth-order valence-electron chi connectivity index (χ4n) is 5.37. The maximum atomic E-state index is 10.1. The van der Waals surface area contributed by atoms with Crippen LogP contribution in [0.5, 0.6) is 0 Å². The van der Waals surface area contributed by atoms with Crippen molar-refractivity contribution in [1.82, 2.24) is 29.3 Å². The van der Waals surface area contributed by atoms with Crippen molar-refractivity contribution in [2.45, 2.75) is 38.9 Å². The van der Waals surface area contributed by atoms with E-state index in [0.29, 0.717) is 22.9 Å². The Morgan fingerprint density at radius 2 is 2.06 bits per heavy atom. The molecule has 6 heterocycles. The summed E-state index contributed by atoms with van der Waals surface area (Å²) in [5.74, 6) is 0.767. The minimum Gasteiger partial charge on any atom is -0.390 e. The zero-order valence-electron chi connectivity index (χ0n) is 18.4. The number of rotatable bonds is 3. The molecule has 2 aliphatic heterocycles. The van der Waals surface area contributed by atoms with Gasteiger partial charge in [0.15, 0.2) is 11.5 Å². The van der Waals surface area contributed by atoms with Crippen molar-refractivity contribution >= 4 is 27.9 Å². The maximum Gasteiger partial charge on any atom is 0.182 e. The van der Waals surface area contributed by atoms with Crippen LogP contribution in [-0.2, 0) is 18.4 Å². The van der Waals surface area contributed by atoms with Gasteiger partial charge in [-0.1, -0.05) is 0 Å². The summed E-state index contributed by atoms with van der Waals surface area (Å²) < 4.78 is 9.69. The molecule has 1 atom stereocenters. The molecule has 0 aliphatic carbocycles. The summed E-state index contributed by atoms with van der Waals surface area (Å²) in [4.78, 5) is 16.2. The molecule has 0 saturated carbocycles. The molecular weight excluding hydrogens is 406 g/mol. The average molecular weight is 434 g/mol. The highest BCUT2D eigenvalue weighted by molar-refractivity contribution is 5.90. The predicted molar refractivity (Wildman–Crippen MR) is 121 cm³/mol. The third kappa shape index (κ3) is 2.99. The van der Waals surface area contributed by atoms with Gasteiger partial charge in [0.2, 0.25) is 0 Å². The number of piperidine rings is 1. The number of aliphatic hydroxyl groups excluding tert-OH is 1. The minimum atomic E-state index is -0.162. The van der Waals surface area contributed by atoms with Gasteiger partial charge in [0.25, 0.3) is 0 Å². The smallest absolute Gasteiger partial charge is 0.182 e. The number of nitrogens with zero attached hydrogens (tertiary/aromatic N) is 7. The topological polar surface area (TPSA) is 94.1 Å². The summed E-state index contributed by atoms with van der Waals surface area (Å²) in [6, 6.07) is 1.98. The van der Waals surface area contributed by atoms with Crippen molar-refractivity contribution in [2.75, 3.05) is 24.6 Å². The fraction of sp³-hybridized carbons (Fsp3) is 0.478. The molecule has 0 amide bonds. The lowest BCUT2D eigenvalue weighted by molar-refractivity contribution is 0.0975. The molecule has 4 aromatic heterocycles. The van der Waals surface area contributed by atoms with Crippen LogP contribution in [0.3, 0.4) is 0 Å². The Kier molecular flexibility index (Phi) is 4.44. The molecule has 9 nitrogen and oxygen atoms in total. The molecule has 2 aliphatic rings. The van der Waals surface area contributed by atoms with Crippen LogP contribution >= 0.6 is 0 Å². The van der Waals surface area contributed by atoms with Crippen LogP contribution in [0.2, 0.25) is 0 Å². The first-order chi connectivity index (χ1) is 15.6. The number of aliphatic hydroxyl groups is 1. The number of fused-ring (bicyclic) bond motifs is 2. The quantitative estimate of drug-likeness (QED) is 0.531. The van der Waals surface area contributed by atoms with Gasteiger partial charge >= 0.3 is 0 Å². The van der Waals surface area contributed by atoms with Crippen molar-refractivity contribution in [2.24, 2.45) is 12.5 Å². The number of hydrogen-bond donors (Lipinski definition) is 1. The Labute approximate surface area is 185 Å². The largest absolute Gasteiger partial charge is 0.390 e. The van der Waals surface area contributed by atoms with Crippen LogP contribution in [-0.4, -0.2) is 60.2 Å². The van der Waals surface area contributed by atoms with Crippen molar-refractivity contribution in [3.8, 4) is 5.69 Å². The van der Waals surface area contributed by atoms with Crippen LogP contribution < -0.4 is 4.90 Å². The highest BCUT2D eigenvalue weighted by Gasteiger charge is 2.41. The van der Waals surface area contributed by atoms with Crippen LogP contribution in [0.25, 0.3) is 27.8 Å². The van der Waals surface area contributed by atoms with Gasteiger partial charge in [0, 0.05) is 37.9 Å². The molecule has 0 aromatic carbocycles. The standard InChI is InChI=1S/C23H27N7O2/c1-15-9-23(14-32-15)4-7-29(8-5-23)21-18(13-31)27-22-17(26-21)10-25-30(22)20-12-28(2)19-11-24-6-3-16(19)20/h3,6,10-12,15,31H,4-5,7-9,13-14H2,1-2H3/t15-/m0/s1. The Bertz CT molecular complexity index is 1300. The fourth-order valence-corrected chi connectivity index (χ4v) is 5.37. The number of hydrogen-bond acceptors (Lipinski definition) is 7. The van der Waals surface area contributed by atoms with Crippen molar-refractivity contribution in [3.05, 3.63) is 36.5 Å². The van der Waals surface area contributed by atoms with Crippen molar-refractivity contribution in [1.29, 1.82) is 0 Å². The molecule has 0 bridgehead atoms. The normalized spacial score (nSPS) is 20.7. The van der Waals surface area contributed by atoms with E-state index < -0.39 is 0 Å². The van der Waals surface area contributed by atoms with Gasteiger partial charge in [-0.05, 0) is 37.7 Å². The number of anilines is 1. The van der Waals surface area contributed by atoms with Crippen LogP contribution in [0.1, 0.15) is 31.9 Å². The van der Waals surface area contributed by atoms with Gasteiger partial charge in [0.1, 0.15) is 11.2 Å². The molecule has 32 heavy (non-hydrogen) atoms. The molecule has 1 spiro atoms. The minimum absolute atomic E-state index is 0.162. The number of pyridine rings is 1. The molecular formula is C23H27N7O2. The van der Waals surface area contributed by atoms with Gasteiger partial charge in [-0.25, -0.2) is 14.6 Å². The Balaban J connectivity index is 1.37. The second-order valence-corrected chi connectivity index (χ2v) is 9.25. The Hall–Kier alpha value is -3.04. The highest BCUT2D eigenvalue weighted by atomic mass is 16.5. The van der Waals surface area contributed by atoms with E-state index in [1.165, 1.54) is 0 Å². The van der Waals surface area contributed by atoms with Gasteiger partial charge in [-0.15, -0.1) is 0 Å². The van der Waals surface area contributed by atoms with E-state index in [-0.39, 0.29) is 6.61 Å². The third-order valence-corrected chi connectivity index (χ3v) is 7.12. The molecule has 2 saturated heterocycles. The zero-order chi connectivity index (χ0) is 21.9. The lowest BCUT2D eigenvalue weighted by Gasteiger charge is -2.39. The van der Waals surface area contributed by atoms with Crippen molar-refractivity contribution < 1.29 is 9.84 Å². The van der Waals surface area contributed by atoms with E-state index in [1.807, 2.05) is 30.1 Å². The van der Waals surface area contributed by atoms with Crippen molar-refractivity contribution in [3.63, 3.8) is 0 Å². The Morgan fingerprint density at radius 1 is 1.22 bits per heavy atom. The first-order valence-electron chi connectivity index (χ1n) is 11.2. The van der Waals surface area contributed by atoms with E-state index in [0.717, 1.165) is 66.9 Å². The van der Waals surface area contributed by atoms with E-state index >= 15 is 0 Å². The average Bonchev–Trinajstić information content (AvgIpc) is 3.49. The van der Waals surface area contributed by atoms with Gasteiger partial charge in [-0.2, -0.15) is 5.10 Å².